The maximum absolute atomic E-state index is 13.3. The fourth-order valence-electron chi connectivity index (χ4n) is 3.69. The molecular formula is C23H18N2OS2. The molecule has 0 spiro atoms. The van der Waals surface area contributed by atoms with E-state index in [2.05, 4.69) is 42.0 Å². The van der Waals surface area contributed by atoms with Gasteiger partial charge in [0.1, 0.15) is 10.7 Å². The Morgan fingerprint density at radius 1 is 1.11 bits per heavy atom. The zero-order chi connectivity index (χ0) is 19.1. The second-order valence-corrected chi connectivity index (χ2v) is 8.52. The molecule has 138 valence electrons. The molecule has 0 fully saturated rings. The average Bonchev–Trinajstić information content (AvgIpc) is 3.35. The molecule has 0 atom stereocenters. The summed E-state index contributed by atoms with van der Waals surface area (Å²) in [5, 5.41) is 2.79. The number of aromatic nitrogens is 2. The number of nitrogens with zero attached hydrogens (tertiary/aromatic N) is 2. The van der Waals surface area contributed by atoms with Crippen LogP contribution in [0.25, 0.3) is 33.0 Å². The minimum Gasteiger partial charge on any atom is -0.292 e. The highest BCUT2D eigenvalue weighted by atomic mass is 32.2. The number of benzene rings is 2. The Morgan fingerprint density at radius 3 is 2.64 bits per heavy atom. The zero-order valence-corrected chi connectivity index (χ0v) is 17.0. The van der Waals surface area contributed by atoms with Crippen molar-refractivity contribution in [1.29, 1.82) is 0 Å². The number of allylic oxidation sites excluding steroid dienone is 1. The molecule has 1 aliphatic heterocycles. The summed E-state index contributed by atoms with van der Waals surface area (Å²) in [5.74, 6) is 0.813. The Labute approximate surface area is 171 Å². The first kappa shape index (κ1) is 17.5. The third-order valence-electron chi connectivity index (χ3n) is 5.13. The average molecular weight is 403 g/mol. The Balaban J connectivity index is 1.62. The van der Waals surface area contributed by atoms with Crippen molar-refractivity contribution in [3.8, 4) is 11.1 Å². The molecule has 0 N–H and O–H groups in total. The van der Waals surface area contributed by atoms with Crippen molar-refractivity contribution in [3.63, 3.8) is 0 Å². The topological polar surface area (TPSA) is 34.9 Å². The van der Waals surface area contributed by atoms with Gasteiger partial charge in [-0.2, -0.15) is 0 Å². The highest BCUT2D eigenvalue weighted by Gasteiger charge is 2.23. The molecule has 0 bridgehead atoms. The van der Waals surface area contributed by atoms with Crippen LogP contribution in [0.3, 0.4) is 0 Å². The van der Waals surface area contributed by atoms with E-state index in [-0.39, 0.29) is 5.56 Å². The number of rotatable bonds is 3. The van der Waals surface area contributed by atoms with Crippen molar-refractivity contribution >= 4 is 45.0 Å². The van der Waals surface area contributed by atoms with Crippen LogP contribution in [0.1, 0.15) is 17.8 Å². The predicted octanol–water partition coefficient (Wildman–Crippen LogP) is 5.79. The second-order valence-electron chi connectivity index (χ2n) is 6.78. The smallest absolute Gasteiger partial charge is 0.263 e. The molecule has 2 aromatic heterocycles. The molecule has 28 heavy (non-hydrogen) atoms. The van der Waals surface area contributed by atoms with Gasteiger partial charge in [0, 0.05) is 22.4 Å². The van der Waals surface area contributed by atoms with Crippen molar-refractivity contribution in [3.05, 3.63) is 81.7 Å². The molecule has 0 radical (unpaired) electrons. The van der Waals surface area contributed by atoms with Crippen molar-refractivity contribution < 1.29 is 0 Å². The van der Waals surface area contributed by atoms with Crippen molar-refractivity contribution in [2.24, 2.45) is 0 Å². The molecule has 0 aliphatic carbocycles. The molecule has 3 heterocycles. The van der Waals surface area contributed by atoms with Gasteiger partial charge in [-0.05, 0) is 47.6 Å². The number of fused-ring (bicyclic) bond motifs is 2. The van der Waals surface area contributed by atoms with E-state index in [9.17, 15) is 4.79 Å². The van der Waals surface area contributed by atoms with Gasteiger partial charge in [0.15, 0.2) is 0 Å². The minimum atomic E-state index is 0.0706. The third kappa shape index (κ3) is 2.91. The van der Waals surface area contributed by atoms with E-state index in [4.69, 9.17) is 4.98 Å². The zero-order valence-electron chi connectivity index (χ0n) is 15.4. The van der Waals surface area contributed by atoms with Gasteiger partial charge in [-0.3, -0.25) is 9.36 Å². The van der Waals surface area contributed by atoms with Crippen LogP contribution in [0.2, 0.25) is 0 Å². The monoisotopic (exact) mass is 402 g/mol. The van der Waals surface area contributed by atoms with Gasteiger partial charge in [0.2, 0.25) is 0 Å². The van der Waals surface area contributed by atoms with E-state index >= 15 is 0 Å². The minimum absolute atomic E-state index is 0.0706. The summed E-state index contributed by atoms with van der Waals surface area (Å²) < 4.78 is 1.84. The molecule has 5 heteroatoms. The lowest BCUT2D eigenvalue weighted by molar-refractivity contribution is 0.726. The fourth-order valence-corrected chi connectivity index (χ4v) is 5.04. The normalized spacial score (nSPS) is 14.7. The van der Waals surface area contributed by atoms with Crippen LogP contribution >= 0.6 is 23.1 Å². The lowest BCUT2D eigenvalue weighted by Gasteiger charge is -2.05. The number of thiophene rings is 1. The molecule has 1 aliphatic rings. The van der Waals surface area contributed by atoms with E-state index in [1.54, 1.807) is 23.1 Å². The first-order valence-corrected chi connectivity index (χ1v) is 11.3. The van der Waals surface area contributed by atoms with Gasteiger partial charge in [-0.25, -0.2) is 4.98 Å². The third-order valence-corrected chi connectivity index (χ3v) is 6.74. The van der Waals surface area contributed by atoms with E-state index in [0.717, 1.165) is 44.7 Å². The number of hydrogen-bond acceptors (Lipinski definition) is 4. The Bertz CT molecular complexity index is 1250. The summed E-state index contributed by atoms with van der Waals surface area (Å²) in [5.41, 5.74) is 4.40. The van der Waals surface area contributed by atoms with Gasteiger partial charge in [-0.15, -0.1) is 23.1 Å². The quantitative estimate of drug-likeness (QED) is 0.407. The molecule has 0 saturated heterocycles. The Morgan fingerprint density at radius 2 is 1.89 bits per heavy atom. The first-order chi connectivity index (χ1) is 13.7. The van der Waals surface area contributed by atoms with Crippen molar-refractivity contribution in [1.82, 2.24) is 9.55 Å². The van der Waals surface area contributed by atoms with Gasteiger partial charge >= 0.3 is 0 Å². The van der Waals surface area contributed by atoms with Crippen LogP contribution in [0.5, 0.6) is 0 Å². The van der Waals surface area contributed by atoms with Gasteiger partial charge < -0.3 is 0 Å². The number of thioether (sulfide) groups is 1. The van der Waals surface area contributed by atoms with E-state index in [1.807, 2.05) is 34.9 Å². The predicted molar refractivity (Wildman–Crippen MR) is 120 cm³/mol. The molecule has 0 unspecified atom stereocenters. The van der Waals surface area contributed by atoms with Crippen LogP contribution in [-0.4, -0.2) is 15.8 Å². The van der Waals surface area contributed by atoms with Crippen LogP contribution < -0.4 is 5.56 Å². The Kier molecular flexibility index (Phi) is 4.41. The maximum atomic E-state index is 13.3. The van der Waals surface area contributed by atoms with Gasteiger partial charge in [0.25, 0.3) is 5.56 Å². The molecule has 4 aromatic rings. The lowest BCUT2D eigenvalue weighted by Crippen LogP contribution is -2.20. The Hall–Kier alpha value is -2.63. The summed E-state index contributed by atoms with van der Waals surface area (Å²) in [7, 11) is 0. The summed E-state index contributed by atoms with van der Waals surface area (Å²) in [6.45, 7) is 0.690. The van der Waals surface area contributed by atoms with E-state index in [0.29, 0.717) is 6.54 Å². The molecule has 0 saturated carbocycles. The SMILES string of the molecule is CSc1ccc(/C=C2\CCn3c2nc2scc(-c4ccccc4)c2c3=O)cc1. The van der Waals surface area contributed by atoms with E-state index < -0.39 is 0 Å². The number of hydrogen-bond donors (Lipinski definition) is 0. The summed E-state index contributed by atoms with van der Waals surface area (Å²) >= 11 is 3.28. The van der Waals surface area contributed by atoms with Crippen LogP contribution in [0, 0.1) is 0 Å². The second kappa shape index (κ2) is 7.08. The highest BCUT2D eigenvalue weighted by Crippen LogP contribution is 2.34. The standard InChI is InChI=1S/C23H18N2OS2/c1-27-18-9-7-15(8-10-18)13-17-11-12-25-21(17)24-22-20(23(25)26)19(14-28-22)16-5-3-2-4-6-16/h2-10,13-14H,11-12H2,1H3/b17-13+. The van der Waals surface area contributed by atoms with Crippen molar-refractivity contribution in [2.75, 3.05) is 6.26 Å². The lowest BCUT2D eigenvalue weighted by atomic mass is 10.1. The highest BCUT2D eigenvalue weighted by molar-refractivity contribution is 7.98. The maximum Gasteiger partial charge on any atom is 0.263 e. The largest absolute Gasteiger partial charge is 0.292 e. The summed E-state index contributed by atoms with van der Waals surface area (Å²) in [4.78, 5) is 20.2. The van der Waals surface area contributed by atoms with Crippen molar-refractivity contribution in [2.45, 2.75) is 17.9 Å². The fraction of sp³-hybridized carbons (Fsp3) is 0.130. The van der Waals surface area contributed by atoms with E-state index in [1.165, 1.54) is 4.90 Å². The first-order valence-electron chi connectivity index (χ1n) is 9.17. The molecule has 0 amide bonds. The van der Waals surface area contributed by atoms with Crippen LogP contribution in [-0.2, 0) is 6.54 Å². The molecule has 3 nitrogen and oxygen atoms in total. The molecule has 2 aromatic carbocycles. The molecular weight excluding hydrogens is 384 g/mol. The van der Waals surface area contributed by atoms with Crippen LogP contribution in [0.4, 0.5) is 0 Å². The van der Waals surface area contributed by atoms with Gasteiger partial charge in [-0.1, -0.05) is 42.5 Å². The summed E-state index contributed by atoms with van der Waals surface area (Å²) in [6.07, 6.45) is 5.07. The van der Waals surface area contributed by atoms with Crippen LogP contribution in [0.15, 0.2) is 69.7 Å². The summed E-state index contributed by atoms with van der Waals surface area (Å²) in [6, 6.07) is 18.6. The molecule has 5 rings (SSSR count). The van der Waals surface area contributed by atoms with Gasteiger partial charge in [0.05, 0.1) is 5.39 Å².